The second-order valence-electron chi connectivity index (χ2n) is 8.87. The summed E-state index contributed by atoms with van der Waals surface area (Å²) in [6, 6.07) is 12.4. The van der Waals surface area contributed by atoms with Crippen LogP contribution >= 0.6 is 11.8 Å². The molecule has 1 amide bonds. The van der Waals surface area contributed by atoms with Crippen LogP contribution in [0.5, 0.6) is 11.5 Å². The summed E-state index contributed by atoms with van der Waals surface area (Å²) in [6.45, 7) is 2.73. The zero-order chi connectivity index (χ0) is 24.1. The summed E-state index contributed by atoms with van der Waals surface area (Å²) < 4.78 is 12.8. The molecule has 0 radical (unpaired) electrons. The number of ether oxygens (including phenoxy) is 2. The lowest BCUT2D eigenvalue weighted by atomic mass is 9.85. The van der Waals surface area contributed by atoms with Crippen molar-refractivity contribution in [2.24, 2.45) is 0 Å². The number of hydrogen-bond acceptors (Lipinski definition) is 7. The molecular formula is C26H25N5O3S. The van der Waals surface area contributed by atoms with Crippen LogP contribution in [-0.2, 0) is 18.6 Å². The van der Waals surface area contributed by atoms with Gasteiger partial charge in [-0.2, -0.15) is 9.50 Å². The Labute approximate surface area is 207 Å². The van der Waals surface area contributed by atoms with Crippen LogP contribution in [0.3, 0.4) is 0 Å². The first kappa shape index (κ1) is 21.9. The van der Waals surface area contributed by atoms with Crippen LogP contribution in [0.4, 0.5) is 0 Å². The average Bonchev–Trinajstić information content (AvgIpc) is 3.31. The molecular weight excluding hydrogens is 462 g/mol. The molecule has 178 valence electrons. The number of carbonyl (C=O) groups excluding carboxylic acids is 1. The van der Waals surface area contributed by atoms with Gasteiger partial charge < -0.3 is 14.4 Å². The molecule has 35 heavy (non-hydrogen) atoms. The highest BCUT2D eigenvalue weighted by Gasteiger charge is 2.39. The van der Waals surface area contributed by atoms with E-state index in [9.17, 15) is 4.79 Å². The van der Waals surface area contributed by atoms with Gasteiger partial charge in [0.05, 0.1) is 31.5 Å². The number of aromatic nitrogens is 4. The molecule has 4 aromatic rings. The van der Waals surface area contributed by atoms with Gasteiger partial charge in [-0.3, -0.25) is 4.79 Å². The monoisotopic (exact) mass is 487 g/mol. The maximum atomic E-state index is 13.5. The van der Waals surface area contributed by atoms with Gasteiger partial charge in [0.1, 0.15) is 0 Å². The minimum Gasteiger partial charge on any atom is -0.493 e. The third kappa shape index (κ3) is 3.70. The maximum absolute atomic E-state index is 13.5. The predicted molar refractivity (Wildman–Crippen MR) is 132 cm³/mol. The number of aryl methyl sites for hydroxylation is 1. The summed E-state index contributed by atoms with van der Waals surface area (Å²) in [5.74, 6) is 2.64. The van der Waals surface area contributed by atoms with Crippen molar-refractivity contribution in [2.45, 2.75) is 36.7 Å². The van der Waals surface area contributed by atoms with Gasteiger partial charge in [0.25, 0.3) is 11.7 Å². The molecule has 0 bridgehead atoms. The largest absolute Gasteiger partial charge is 0.493 e. The summed E-state index contributed by atoms with van der Waals surface area (Å²) >= 11 is 1.57. The molecule has 2 aromatic carbocycles. The minimum atomic E-state index is -0.1000. The van der Waals surface area contributed by atoms with E-state index in [1.807, 2.05) is 17.0 Å². The minimum absolute atomic E-state index is 0.0181. The SMILES string of the molecule is COc1cc2c(cc1OC)[C@H]1Cc3c(cnc4nc(SCc5ccc(C)cc5)nn34)C(=O)N1CC2. The standard InChI is InChI=1S/C26H25N5O3S/c1-15-4-6-16(7-5-15)14-35-26-28-25-27-13-19-21(31(25)29-26)12-20-18-11-23(34-3)22(33-2)10-17(18)8-9-30(20)24(19)32/h4-7,10-11,13,20H,8-9,12,14H2,1-3H3/t20-/m1/s1. The Morgan fingerprint density at radius 2 is 1.89 bits per heavy atom. The highest BCUT2D eigenvalue weighted by molar-refractivity contribution is 7.98. The average molecular weight is 488 g/mol. The molecule has 0 N–H and O–H groups in total. The third-order valence-electron chi connectivity index (χ3n) is 6.82. The topological polar surface area (TPSA) is 81.9 Å². The van der Waals surface area contributed by atoms with Gasteiger partial charge >= 0.3 is 0 Å². The molecule has 0 saturated carbocycles. The van der Waals surface area contributed by atoms with Crippen molar-refractivity contribution in [3.8, 4) is 11.5 Å². The Bertz CT molecular complexity index is 1450. The van der Waals surface area contributed by atoms with Crippen molar-refractivity contribution in [1.82, 2.24) is 24.5 Å². The Morgan fingerprint density at radius 3 is 2.66 bits per heavy atom. The number of benzene rings is 2. The van der Waals surface area contributed by atoms with Gasteiger partial charge in [-0.25, -0.2) is 4.98 Å². The number of rotatable bonds is 5. The van der Waals surface area contributed by atoms with Crippen molar-refractivity contribution < 1.29 is 14.3 Å². The van der Waals surface area contributed by atoms with Gasteiger partial charge in [0, 0.05) is 24.9 Å². The molecule has 8 nitrogen and oxygen atoms in total. The van der Waals surface area contributed by atoms with Crippen LogP contribution in [0.25, 0.3) is 5.78 Å². The first-order chi connectivity index (χ1) is 17.1. The molecule has 0 saturated heterocycles. The van der Waals surface area contributed by atoms with Crippen LogP contribution in [0, 0.1) is 6.92 Å². The van der Waals surface area contributed by atoms with Crippen molar-refractivity contribution in [3.05, 3.63) is 76.1 Å². The predicted octanol–water partition coefficient (Wildman–Crippen LogP) is 4.04. The number of amides is 1. The summed E-state index contributed by atoms with van der Waals surface area (Å²) in [5.41, 5.74) is 6.16. The van der Waals surface area contributed by atoms with Crippen LogP contribution in [0.2, 0.25) is 0 Å². The Kier molecular flexibility index (Phi) is 5.36. The molecule has 2 aliphatic rings. The number of nitrogens with zero attached hydrogens (tertiary/aromatic N) is 5. The Morgan fingerprint density at radius 1 is 1.11 bits per heavy atom. The van der Waals surface area contributed by atoms with Gasteiger partial charge in [0.15, 0.2) is 11.5 Å². The summed E-state index contributed by atoms with van der Waals surface area (Å²) in [7, 11) is 3.27. The fourth-order valence-corrected chi connectivity index (χ4v) is 5.73. The fraction of sp³-hybridized carbons (Fsp3) is 0.308. The second kappa shape index (κ2) is 8.57. The van der Waals surface area contributed by atoms with E-state index < -0.39 is 0 Å². The molecule has 1 atom stereocenters. The van der Waals surface area contributed by atoms with E-state index in [4.69, 9.17) is 14.6 Å². The van der Waals surface area contributed by atoms with E-state index in [1.54, 1.807) is 36.7 Å². The van der Waals surface area contributed by atoms with Gasteiger partial charge in [-0.15, -0.1) is 5.10 Å². The zero-order valence-corrected chi connectivity index (χ0v) is 20.6. The molecule has 2 aromatic heterocycles. The highest BCUT2D eigenvalue weighted by Crippen LogP contribution is 2.42. The lowest BCUT2D eigenvalue weighted by Gasteiger charge is -2.41. The van der Waals surface area contributed by atoms with E-state index in [-0.39, 0.29) is 11.9 Å². The van der Waals surface area contributed by atoms with E-state index >= 15 is 0 Å². The van der Waals surface area contributed by atoms with Crippen LogP contribution in [0.1, 0.15) is 44.3 Å². The van der Waals surface area contributed by atoms with Gasteiger partial charge in [-0.05, 0) is 42.2 Å². The Balaban J connectivity index is 1.35. The van der Waals surface area contributed by atoms with Crippen LogP contribution in [0.15, 0.2) is 47.8 Å². The molecule has 6 rings (SSSR count). The number of thioether (sulfide) groups is 1. The first-order valence-electron chi connectivity index (χ1n) is 11.5. The number of fused-ring (bicyclic) bond motifs is 6. The summed E-state index contributed by atoms with van der Waals surface area (Å²) in [4.78, 5) is 24.5. The van der Waals surface area contributed by atoms with E-state index in [0.29, 0.717) is 41.0 Å². The molecule has 0 spiro atoms. The van der Waals surface area contributed by atoms with E-state index in [0.717, 1.165) is 23.4 Å². The van der Waals surface area contributed by atoms with E-state index in [1.165, 1.54) is 16.7 Å². The molecule has 4 heterocycles. The van der Waals surface area contributed by atoms with Gasteiger partial charge in [-0.1, -0.05) is 41.6 Å². The zero-order valence-electron chi connectivity index (χ0n) is 19.8. The quantitative estimate of drug-likeness (QED) is 0.393. The lowest BCUT2D eigenvalue weighted by Crippen LogP contribution is -2.45. The summed E-state index contributed by atoms with van der Waals surface area (Å²) in [5, 5.41) is 5.39. The number of carbonyl (C=O) groups is 1. The normalized spacial score (nSPS) is 16.6. The third-order valence-corrected chi connectivity index (χ3v) is 7.72. The highest BCUT2D eigenvalue weighted by atomic mass is 32.2. The molecule has 9 heteroatoms. The molecule has 0 unspecified atom stereocenters. The molecule has 2 aliphatic heterocycles. The van der Waals surface area contributed by atoms with Crippen LogP contribution < -0.4 is 9.47 Å². The lowest BCUT2D eigenvalue weighted by molar-refractivity contribution is 0.0626. The number of hydrogen-bond donors (Lipinski definition) is 0. The van der Waals surface area contributed by atoms with Crippen molar-refractivity contribution >= 4 is 23.4 Å². The molecule has 0 fully saturated rings. The first-order valence-corrected chi connectivity index (χ1v) is 12.5. The number of methoxy groups -OCH3 is 2. The summed E-state index contributed by atoms with van der Waals surface area (Å²) in [6.07, 6.45) is 3.05. The molecule has 0 aliphatic carbocycles. The van der Waals surface area contributed by atoms with Crippen molar-refractivity contribution in [3.63, 3.8) is 0 Å². The second-order valence-corrected chi connectivity index (χ2v) is 9.82. The Hall–Kier alpha value is -3.59. The van der Waals surface area contributed by atoms with Crippen molar-refractivity contribution in [2.75, 3.05) is 20.8 Å². The smallest absolute Gasteiger partial charge is 0.257 e. The van der Waals surface area contributed by atoms with Gasteiger partial charge in [0.2, 0.25) is 5.16 Å². The van der Waals surface area contributed by atoms with E-state index in [2.05, 4.69) is 41.2 Å². The fourth-order valence-electron chi connectivity index (χ4n) is 4.96. The van der Waals surface area contributed by atoms with Crippen LogP contribution in [-0.4, -0.2) is 51.2 Å². The maximum Gasteiger partial charge on any atom is 0.257 e. The van der Waals surface area contributed by atoms with Crippen molar-refractivity contribution in [1.29, 1.82) is 0 Å².